The number of carbonyl (C=O) groups is 4. The average molecular weight is 542 g/mol. The lowest BCUT2D eigenvalue weighted by atomic mass is 10.0. The Balaban J connectivity index is 1.98. The number of carbonyl (C=O) groups excluding carboxylic acids is 3. The molecule has 39 heavy (non-hydrogen) atoms. The first kappa shape index (κ1) is 29.0. The van der Waals surface area contributed by atoms with Crippen LogP contribution < -0.4 is 19.7 Å². The molecule has 0 spiro atoms. The SMILES string of the molecule is CC(C)(C)OC(=O)NC(=N)N(C(=O)OC(C)(C)C)c1ccc2c(c1)CCOc1c(cccc1C(=O)O)OC2=O. The van der Waals surface area contributed by atoms with Gasteiger partial charge >= 0.3 is 24.1 Å². The Bertz CT molecular complexity index is 1320. The number of rotatable bonds is 2. The number of aromatic carboxylic acids is 1. The minimum atomic E-state index is -1.24. The van der Waals surface area contributed by atoms with E-state index in [9.17, 15) is 24.3 Å². The highest BCUT2D eigenvalue weighted by atomic mass is 16.6. The summed E-state index contributed by atoms with van der Waals surface area (Å²) in [5.74, 6) is -2.78. The van der Waals surface area contributed by atoms with E-state index in [-0.39, 0.29) is 41.3 Å². The summed E-state index contributed by atoms with van der Waals surface area (Å²) >= 11 is 0. The van der Waals surface area contributed by atoms with Crippen LogP contribution in [-0.4, -0.2) is 53.0 Å². The number of nitrogens with one attached hydrogen (secondary N) is 2. The number of amides is 2. The third kappa shape index (κ3) is 7.46. The number of nitrogens with zero attached hydrogens (tertiary/aromatic N) is 1. The first-order valence-electron chi connectivity index (χ1n) is 12.0. The molecular weight excluding hydrogens is 510 g/mol. The fourth-order valence-electron chi connectivity index (χ4n) is 3.55. The van der Waals surface area contributed by atoms with E-state index in [0.29, 0.717) is 5.56 Å². The lowest BCUT2D eigenvalue weighted by Crippen LogP contribution is -2.49. The lowest BCUT2D eigenvalue weighted by Gasteiger charge is -2.28. The van der Waals surface area contributed by atoms with Crippen molar-refractivity contribution in [2.45, 2.75) is 59.2 Å². The summed E-state index contributed by atoms with van der Waals surface area (Å²) in [5.41, 5.74) is -1.29. The maximum Gasteiger partial charge on any atom is 0.421 e. The number of anilines is 1. The van der Waals surface area contributed by atoms with E-state index in [0.717, 1.165) is 4.90 Å². The summed E-state index contributed by atoms with van der Waals surface area (Å²) in [6, 6.07) is 8.44. The molecule has 0 aromatic heterocycles. The molecule has 0 atom stereocenters. The van der Waals surface area contributed by atoms with Crippen molar-refractivity contribution in [1.82, 2.24) is 5.32 Å². The maximum atomic E-state index is 13.1. The van der Waals surface area contributed by atoms with Gasteiger partial charge < -0.3 is 24.1 Å². The first-order valence-corrected chi connectivity index (χ1v) is 12.0. The molecule has 0 saturated carbocycles. The zero-order valence-electron chi connectivity index (χ0n) is 22.5. The standard InChI is InChI=1S/C27H31N3O9/c1-26(2,3)38-24(34)29-23(28)30(25(35)39-27(4,5)6)16-10-11-17-15(14-16)12-13-36-20-18(21(31)32)8-7-9-19(20)37-22(17)33/h7-11,14H,12-13H2,1-6H3,(H,31,32)(H2,28,29,34). The van der Waals surface area contributed by atoms with E-state index < -0.39 is 41.3 Å². The number of fused-ring (bicyclic) bond motifs is 2. The number of carboxylic acids is 1. The van der Waals surface area contributed by atoms with Crippen LogP contribution in [0.5, 0.6) is 11.5 Å². The number of ether oxygens (including phenoxy) is 4. The second kappa shape index (κ2) is 11.0. The highest BCUT2D eigenvalue weighted by molar-refractivity contribution is 6.16. The lowest BCUT2D eigenvalue weighted by molar-refractivity contribution is 0.0557. The Labute approximate surface area is 225 Å². The summed E-state index contributed by atoms with van der Waals surface area (Å²) in [5, 5.41) is 20.2. The predicted molar refractivity (Wildman–Crippen MR) is 140 cm³/mol. The first-order chi connectivity index (χ1) is 18.1. The van der Waals surface area contributed by atoms with Crippen LogP contribution in [0.25, 0.3) is 0 Å². The van der Waals surface area contributed by atoms with Gasteiger partial charge in [0.1, 0.15) is 16.8 Å². The molecule has 3 rings (SSSR count). The second-order valence-electron chi connectivity index (χ2n) is 10.6. The van der Waals surface area contributed by atoms with Crippen LogP contribution in [0.3, 0.4) is 0 Å². The van der Waals surface area contributed by atoms with Crippen molar-refractivity contribution >= 4 is 35.8 Å². The molecule has 12 nitrogen and oxygen atoms in total. The Hall–Kier alpha value is -4.61. The molecule has 0 unspecified atom stereocenters. The number of esters is 1. The highest BCUT2D eigenvalue weighted by Crippen LogP contribution is 2.34. The molecule has 12 heteroatoms. The van der Waals surface area contributed by atoms with Crippen LogP contribution in [0.2, 0.25) is 0 Å². The molecule has 0 bridgehead atoms. The van der Waals surface area contributed by atoms with E-state index in [2.05, 4.69) is 5.32 Å². The zero-order valence-corrected chi connectivity index (χ0v) is 22.5. The Morgan fingerprint density at radius 1 is 1.03 bits per heavy atom. The Morgan fingerprint density at radius 2 is 1.69 bits per heavy atom. The van der Waals surface area contributed by atoms with Crippen molar-refractivity contribution in [3.63, 3.8) is 0 Å². The monoisotopic (exact) mass is 541 g/mol. The van der Waals surface area contributed by atoms with E-state index >= 15 is 0 Å². The number of carboxylic acid groups (broad SMARTS) is 1. The van der Waals surface area contributed by atoms with Gasteiger partial charge in [0.25, 0.3) is 0 Å². The molecule has 1 heterocycles. The van der Waals surface area contributed by atoms with Gasteiger partial charge in [-0.05, 0) is 77.4 Å². The number of alkyl carbamates (subject to hydrolysis) is 1. The van der Waals surface area contributed by atoms with E-state index in [4.69, 9.17) is 24.4 Å². The molecule has 0 saturated heterocycles. The molecular formula is C27H31N3O9. The van der Waals surface area contributed by atoms with Crippen molar-refractivity contribution in [3.8, 4) is 11.5 Å². The molecule has 3 N–H and O–H groups in total. The molecule has 2 aromatic rings. The van der Waals surface area contributed by atoms with Crippen molar-refractivity contribution in [2.24, 2.45) is 0 Å². The number of hydrogen-bond donors (Lipinski definition) is 3. The summed E-state index contributed by atoms with van der Waals surface area (Å²) in [6.07, 6.45) is -1.78. The number of para-hydroxylation sites is 1. The minimum Gasteiger partial charge on any atom is -0.488 e. The maximum absolute atomic E-state index is 13.1. The van der Waals surface area contributed by atoms with Gasteiger partial charge in [-0.1, -0.05) is 6.07 Å². The van der Waals surface area contributed by atoms with Gasteiger partial charge in [0, 0.05) is 6.42 Å². The summed E-state index contributed by atoms with van der Waals surface area (Å²) in [6.45, 7) is 9.87. The van der Waals surface area contributed by atoms with Gasteiger partial charge in [0.2, 0.25) is 5.96 Å². The van der Waals surface area contributed by atoms with Gasteiger partial charge in [-0.3, -0.25) is 10.7 Å². The van der Waals surface area contributed by atoms with Crippen LogP contribution in [0.4, 0.5) is 15.3 Å². The zero-order chi connectivity index (χ0) is 29.1. The summed E-state index contributed by atoms with van der Waals surface area (Å²) < 4.78 is 21.8. The highest BCUT2D eigenvalue weighted by Gasteiger charge is 2.31. The number of hydrogen-bond acceptors (Lipinski definition) is 9. The Morgan fingerprint density at radius 3 is 2.31 bits per heavy atom. The second-order valence-corrected chi connectivity index (χ2v) is 10.6. The summed E-state index contributed by atoms with van der Waals surface area (Å²) in [7, 11) is 0. The molecule has 2 aromatic carbocycles. The van der Waals surface area contributed by atoms with Crippen LogP contribution in [0.1, 0.15) is 67.8 Å². The van der Waals surface area contributed by atoms with E-state index in [1.54, 1.807) is 41.5 Å². The van der Waals surface area contributed by atoms with Gasteiger partial charge in [0.05, 0.1) is 17.9 Å². The Kier molecular flexibility index (Phi) is 8.18. The van der Waals surface area contributed by atoms with E-state index in [1.807, 2.05) is 0 Å². The van der Waals surface area contributed by atoms with Gasteiger partial charge in [-0.15, -0.1) is 0 Å². The van der Waals surface area contributed by atoms with Gasteiger partial charge in [-0.2, -0.15) is 0 Å². The normalized spacial score (nSPS) is 13.1. The van der Waals surface area contributed by atoms with Gasteiger partial charge in [0.15, 0.2) is 11.5 Å². The largest absolute Gasteiger partial charge is 0.488 e. The molecule has 0 radical (unpaired) electrons. The topological polar surface area (TPSA) is 165 Å². The quantitative estimate of drug-likeness (QED) is 0.211. The van der Waals surface area contributed by atoms with Crippen molar-refractivity contribution in [3.05, 3.63) is 53.1 Å². The number of benzene rings is 2. The third-order valence-electron chi connectivity index (χ3n) is 5.02. The molecule has 1 aliphatic heterocycles. The smallest absolute Gasteiger partial charge is 0.421 e. The predicted octanol–water partition coefficient (Wildman–Crippen LogP) is 4.74. The van der Waals surface area contributed by atoms with Crippen molar-refractivity contribution in [1.29, 1.82) is 5.41 Å². The minimum absolute atomic E-state index is 0.0234. The van der Waals surface area contributed by atoms with Crippen molar-refractivity contribution in [2.75, 3.05) is 11.5 Å². The molecule has 0 fully saturated rings. The molecule has 1 aliphatic rings. The third-order valence-corrected chi connectivity index (χ3v) is 5.02. The van der Waals surface area contributed by atoms with Crippen LogP contribution in [0, 0.1) is 5.41 Å². The van der Waals surface area contributed by atoms with Gasteiger partial charge in [-0.25, -0.2) is 24.1 Å². The fourth-order valence-corrected chi connectivity index (χ4v) is 3.55. The van der Waals surface area contributed by atoms with Crippen LogP contribution >= 0.6 is 0 Å². The summed E-state index contributed by atoms with van der Waals surface area (Å²) in [4.78, 5) is 50.9. The number of guanidine groups is 1. The van der Waals surface area contributed by atoms with Crippen LogP contribution in [0.15, 0.2) is 36.4 Å². The fraction of sp³-hybridized carbons (Fsp3) is 0.370. The molecule has 2 amide bonds. The molecule has 208 valence electrons. The average Bonchev–Trinajstić information content (AvgIpc) is 2.83. The van der Waals surface area contributed by atoms with Crippen LogP contribution in [-0.2, 0) is 15.9 Å². The van der Waals surface area contributed by atoms with E-state index in [1.165, 1.54) is 36.4 Å². The molecule has 0 aliphatic carbocycles. The van der Waals surface area contributed by atoms with Crippen molar-refractivity contribution < 1.29 is 43.2 Å².